The van der Waals surface area contributed by atoms with Gasteiger partial charge in [-0.15, -0.1) is 12.3 Å². The van der Waals surface area contributed by atoms with Crippen molar-refractivity contribution in [1.29, 1.82) is 0 Å². The molecule has 4 N–H and O–H groups in total. The van der Waals surface area contributed by atoms with Crippen molar-refractivity contribution in [3.63, 3.8) is 0 Å². The molecule has 2 aromatic carbocycles. The first-order chi connectivity index (χ1) is 13.4. The molecule has 0 heterocycles. The zero-order valence-corrected chi connectivity index (χ0v) is 18.8. The lowest BCUT2D eigenvalue weighted by atomic mass is 10.0. The Morgan fingerprint density at radius 2 is 1.39 bits per heavy atom. The molecule has 2 aromatic rings. The van der Waals surface area contributed by atoms with E-state index < -0.39 is 0 Å². The van der Waals surface area contributed by atoms with Gasteiger partial charge in [0.05, 0.1) is 26.4 Å². The molecular formula is C22H35NO4S. The Morgan fingerprint density at radius 3 is 1.71 bits per heavy atom. The van der Waals surface area contributed by atoms with Crippen LogP contribution in [0.25, 0.3) is 0 Å². The minimum Gasteiger partial charge on any atom is -0.508 e. The molecule has 2 rings (SSSR count). The summed E-state index contributed by atoms with van der Waals surface area (Å²) in [4.78, 5) is 0. The van der Waals surface area contributed by atoms with Crippen molar-refractivity contribution in [1.82, 2.24) is 0 Å². The Bertz CT molecular complexity index is 628. The molecule has 0 amide bonds. The molecule has 158 valence electrons. The van der Waals surface area contributed by atoms with Crippen molar-refractivity contribution in [2.24, 2.45) is 5.14 Å². The first-order valence-electron chi connectivity index (χ1n) is 8.74. The minimum absolute atomic E-state index is 0.231. The number of hydrogen-bond donors (Lipinski definition) is 3. The van der Waals surface area contributed by atoms with Crippen LogP contribution in [0.5, 0.6) is 17.2 Å². The van der Waals surface area contributed by atoms with Crippen LogP contribution in [0.4, 0.5) is 0 Å². The summed E-state index contributed by atoms with van der Waals surface area (Å²) in [7, 11) is 3.26. The lowest BCUT2D eigenvalue weighted by molar-refractivity contribution is 0.407. The van der Waals surface area contributed by atoms with E-state index in [4.69, 9.17) is 19.1 Å². The molecule has 0 aliphatic heterocycles. The highest BCUT2D eigenvalue weighted by Crippen LogP contribution is 2.19. The molecule has 0 atom stereocenters. The predicted octanol–water partition coefficient (Wildman–Crippen LogP) is 5.95. The van der Waals surface area contributed by atoms with E-state index in [0.717, 1.165) is 5.75 Å². The zero-order chi connectivity index (χ0) is 22.4. The molecule has 0 radical (unpaired) electrons. The second kappa shape index (κ2) is 22.7. The first kappa shape index (κ1) is 30.4. The number of rotatable bonds is 3. The van der Waals surface area contributed by atoms with Gasteiger partial charge in [-0.3, -0.25) is 5.14 Å². The van der Waals surface area contributed by atoms with E-state index in [0.29, 0.717) is 11.7 Å². The van der Waals surface area contributed by atoms with Crippen LogP contribution in [0.1, 0.15) is 46.1 Å². The SMILES string of the molecule is C#CC.CC.COc1cccc(C(C)C)c1.COc1cccc(O)c1.NSO. The average molecular weight is 410 g/mol. The first-order valence-corrected chi connectivity index (χ1v) is 9.58. The summed E-state index contributed by atoms with van der Waals surface area (Å²) in [6.07, 6.45) is 4.60. The summed E-state index contributed by atoms with van der Waals surface area (Å²) in [6, 6.07) is 14.8. The highest BCUT2D eigenvalue weighted by Gasteiger charge is 1.98. The van der Waals surface area contributed by atoms with Crippen LogP contribution in [-0.4, -0.2) is 23.9 Å². The quantitative estimate of drug-likeness (QED) is 0.330. The van der Waals surface area contributed by atoms with Gasteiger partial charge in [0.25, 0.3) is 0 Å². The van der Waals surface area contributed by atoms with E-state index in [2.05, 4.69) is 43.5 Å². The van der Waals surface area contributed by atoms with Crippen molar-refractivity contribution in [3.05, 3.63) is 54.1 Å². The van der Waals surface area contributed by atoms with E-state index in [1.807, 2.05) is 26.0 Å². The van der Waals surface area contributed by atoms with E-state index in [-0.39, 0.29) is 18.0 Å². The average Bonchev–Trinajstić information content (AvgIpc) is 2.71. The number of methoxy groups -OCH3 is 2. The van der Waals surface area contributed by atoms with Crippen molar-refractivity contribution in [2.75, 3.05) is 14.2 Å². The summed E-state index contributed by atoms with van der Waals surface area (Å²) < 4.78 is 17.2. The van der Waals surface area contributed by atoms with Crippen molar-refractivity contribution < 1.29 is 19.1 Å². The largest absolute Gasteiger partial charge is 0.508 e. The van der Waals surface area contributed by atoms with Gasteiger partial charge in [-0.1, -0.05) is 45.9 Å². The molecule has 0 aliphatic rings. The van der Waals surface area contributed by atoms with Crippen LogP contribution in [0.15, 0.2) is 48.5 Å². The van der Waals surface area contributed by atoms with Crippen LogP contribution in [0.3, 0.4) is 0 Å². The molecule has 28 heavy (non-hydrogen) atoms. The maximum atomic E-state index is 8.86. The number of phenolic OH excluding ortho intramolecular Hbond substituents is 1. The molecule has 0 unspecified atom stereocenters. The molecular weight excluding hydrogens is 374 g/mol. The summed E-state index contributed by atoms with van der Waals surface area (Å²) in [6.45, 7) is 10.0. The third kappa shape index (κ3) is 18.5. The predicted molar refractivity (Wildman–Crippen MR) is 122 cm³/mol. The fraction of sp³-hybridized carbons (Fsp3) is 0.364. The fourth-order valence-corrected chi connectivity index (χ4v) is 1.61. The van der Waals surface area contributed by atoms with Gasteiger partial charge in [-0.2, -0.15) is 0 Å². The van der Waals surface area contributed by atoms with Crippen LogP contribution in [-0.2, 0) is 0 Å². The topological polar surface area (TPSA) is 84.9 Å². The second-order valence-corrected chi connectivity index (χ2v) is 5.24. The van der Waals surface area contributed by atoms with Crippen LogP contribution < -0.4 is 14.6 Å². The Kier molecular flexibility index (Phi) is 24.7. The monoisotopic (exact) mass is 409 g/mol. The number of benzene rings is 2. The smallest absolute Gasteiger partial charge is 0.122 e. The van der Waals surface area contributed by atoms with Crippen molar-refractivity contribution in [2.45, 2.75) is 40.5 Å². The number of ether oxygens (including phenoxy) is 2. The molecule has 0 fully saturated rings. The summed E-state index contributed by atoms with van der Waals surface area (Å²) >= 11 is 0.250. The molecule has 0 saturated carbocycles. The van der Waals surface area contributed by atoms with Crippen LogP contribution in [0, 0.1) is 12.3 Å². The van der Waals surface area contributed by atoms with Gasteiger partial charge in [0.1, 0.15) is 17.2 Å². The molecule has 0 aliphatic carbocycles. The fourth-order valence-electron chi connectivity index (χ4n) is 1.61. The molecule has 0 saturated heterocycles. The van der Waals surface area contributed by atoms with Crippen LogP contribution >= 0.6 is 12.2 Å². The number of aromatic hydroxyl groups is 1. The third-order valence-electron chi connectivity index (χ3n) is 2.81. The normalized spacial score (nSPS) is 8.04. The summed E-state index contributed by atoms with van der Waals surface area (Å²) in [5.74, 6) is 4.67. The molecule has 0 aromatic heterocycles. The number of nitrogens with two attached hydrogens (primary N) is 1. The van der Waals surface area contributed by atoms with Crippen LogP contribution in [0.2, 0.25) is 0 Å². The molecule has 0 bridgehead atoms. The maximum absolute atomic E-state index is 8.86. The molecule has 5 nitrogen and oxygen atoms in total. The van der Waals surface area contributed by atoms with E-state index >= 15 is 0 Å². The molecule has 6 heteroatoms. The van der Waals surface area contributed by atoms with Gasteiger partial charge < -0.3 is 19.1 Å². The maximum Gasteiger partial charge on any atom is 0.122 e. The van der Waals surface area contributed by atoms with Gasteiger partial charge in [-0.05, 0) is 42.7 Å². The highest BCUT2D eigenvalue weighted by atomic mass is 32.2. The Labute approximate surface area is 175 Å². The number of hydrogen-bond acceptors (Lipinski definition) is 6. The lowest BCUT2D eigenvalue weighted by Gasteiger charge is -2.06. The third-order valence-corrected chi connectivity index (χ3v) is 2.81. The second-order valence-electron chi connectivity index (χ2n) is 5.03. The van der Waals surface area contributed by atoms with Gasteiger partial charge >= 0.3 is 0 Å². The zero-order valence-electron chi connectivity index (χ0n) is 18.0. The number of terminal acetylenes is 1. The number of phenols is 1. The van der Waals surface area contributed by atoms with Gasteiger partial charge in [-0.25, -0.2) is 0 Å². The summed E-state index contributed by atoms with van der Waals surface area (Å²) in [5, 5.41) is 13.2. The van der Waals surface area contributed by atoms with Crippen molar-refractivity contribution >= 4 is 12.2 Å². The van der Waals surface area contributed by atoms with Gasteiger partial charge in [0, 0.05) is 6.07 Å². The van der Waals surface area contributed by atoms with Crippen molar-refractivity contribution in [3.8, 4) is 29.6 Å². The standard InChI is InChI=1S/C10H14O.C7H8O2.C3H4.C2H6.H3NOS/c1-8(2)9-5-4-6-10(7-9)11-3;1-9-7-4-2-3-6(8)5-7;1-3-2;1-2;1-3-2/h4-8H,1-3H3;2-5,8H,1H3;1H,2H3;1-2H3;2H,1H2. The Balaban J connectivity index is -0.000000330. The van der Waals surface area contributed by atoms with Gasteiger partial charge in [0.15, 0.2) is 0 Å². The Morgan fingerprint density at radius 1 is 1.00 bits per heavy atom. The Hall–Kier alpha value is -2.33. The van der Waals surface area contributed by atoms with E-state index in [9.17, 15) is 0 Å². The van der Waals surface area contributed by atoms with Gasteiger partial charge in [0.2, 0.25) is 0 Å². The molecule has 0 spiro atoms. The van der Waals surface area contributed by atoms with E-state index in [1.54, 1.807) is 45.4 Å². The van der Waals surface area contributed by atoms with E-state index in [1.165, 1.54) is 5.56 Å². The lowest BCUT2D eigenvalue weighted by Crippen LogP contribution is -1.88. The summed E-state index contributed by atoms with van der Waals surface area (Å²) in [5.41, 5.74) is 1.32. The highest BCUT2D eigenvalue weighted by molar-refractivity contribution is 7.91. The minimum atomic E-state index is 0.231.